The summed E-state index contributed by atoms with van der Waals surface area (Å²) in [6, 6.07) is 4.93. The van der Waals surface area contributed by atoms with Crippen LogP contribution in [0.15, 0.2) is 18.2 Å². The van der Waals surface area contributed by atoms with Gasteiger partial charge in [0.25, 0.3) is 5.91 Å². The minimum absolute atomic E-state index is 0.0115. The summed E-state index contributed by atoms with van der Waals surface area (Å²) >= 11 is 2.10. The highest BCUT2D eigenvalue weighted by molar-refractivity contribution is 14.1. The maximum absolute atomic E-state index is 11.6. The van der Waals surface area contributed by atoms with Crippen molar-refractivity contribution in [2.24, 2.45) is 0 Å². The van der Waals surface area contributed by atoms with E-state index in [4.69, 9.17) is 0 Å². The fraction of sp³-hybridized carbons (Fsp3) is 0.300. The summed E-state index contributed by atoms with van der Waals surface area (Å²) in [5.41, 5.74) is 0.318. The van der Waals surface area contributed by atoms with Gasteiger partial charge in [0, 0.05) is 16.7 Å². The number of halogens is 1. The van der Waals surface area contributed by atoms with Gasteiger partial charge in [-0.25, -0.2) is 0 Å². The molecule has 82 valence electrons. The molecule has 1 rings (SSSR count). The molecule has 1 amide bonds. The van der Waals surface area contributed by atoms with Crippen LogP contribution in [-0.4, -0.2) is 31.2 Å². The van der Waals surface area contributed by atoms with Crippen molar-refractivity contribution in [3.05, 3.63) is 27.3 Å². The van der Waals surface area contributed by atoms with E-state index in [2.05, 4.69) is 33.2 Å². The number of nitrogens with one attached hydrogen (secondary N) is 2. The van der Waals surface area contributed by atoms with Gasteiger partial charge < -0.3 is 15.7 Å². The lowest BCUT2D eigenvalue weighted by atomic mass is 10.2. The van der Waals surface area contributed by atoms with Crippen LogP contribution in [0.4, 0.5) is 0 Å². The number of likely N-dealkylation sites (N-methyl/N-ethyl adjacent to an activating group) is 1. The first-order valence-corrected chi connectivity index (χ1v) is 5.64. The molecule has 0 heterocycles. The summed E-state index contributed by atoms with van der Waals surface area (Å²) < 4.78 is 0.921. The molecule has 0 saturated carbocycles. The van der Waals surface area contributed by atoms with E-state index < -0.39 is 0 Å². The second-order valence-corrected chi connectivity index (χ2v) is 4.27. The molecule has 0 aliphatic rings. The predicted octanol–water partition coefficient (Wildman–Crippen LogP) is 0.946. The number of amides is 1. The lowest BCUT2D eigenvalue weighted by molar-refractivity contribution is 0.0951. The summed E-state index contributed by atoms with van der Waals surface area (Å²) in [7, 11) is 1.81. The molecule has 0 aliphatic heterocycles. The van der Waals surface area contributed by atoms with Gasteiger partial charge >= 0.3 is 0 Å². The Balaban J connectivity index is 2.68. The first-order valence-electron chi connectivity index (χ1n) is 4.56. The lowest BCUT2D eigenvalue weighted by Gasteiger charge is -2.06. The highest BCUT2D eigenvalue weighted by Crippen LogP contribution is 2.19. The molecule has 0 bridgehead atoms. The van der Waals surface area contributed by atoms with Crippen molar-refractivity contribution in [2.45, 2.75) is 0 Å². The highest BCUT2D eigenvalue weighted by Gasteiger charge is 2.10. The second kappa shape index (κ2) is 5.92. The quantitative estimate of drug-likeness (QED) is 0.572. The smallest absolute Gasteiger partial charge is 0.255 e. The number of carbonyl (C=O) groups is 1. The van der Waals surface area contributed by atoms with Gasteiger partial charge in [0.15, 0.2) is 0 Å². The van der Waals surface area contributed by atoms with E-state index >= 15 is 0 Å². The van der Waals surface area contributed by atoms with E-state index in [1.807, 2.05) is 7.05 Å². The van der Waals surface area contributed by atoms with Crippen LogP contribution in [0.2, 0.25) is 0 Å². The fourth-order valence-electron chi connectivity index (χ4n) is 1.09. The number of phenolic OH excluding ortho intramolecular Hbond substituents is 1. The van der Waals surface area contributed by atoms with E-state index in [1.54, 1.807) is 12.1 Å². The molecule has 0 fully saturated rings. The average molecular weight is 320 g/mol. The third-order valence-corrected chi connectivity index (χ3v) is 2.53. The third kappa shape index (κ3) is 3.67. The van der Waals surface area contributed by atoms with Crippen molar-refractivity contribution in [3.8, 4) is 5.75 Å². The van der Waals surface area contributed by atoms with Crippen molar-refractivity contribution < 1.29 is 9.90 Å². The van der Waals surface area contributed by atoms with E-state index in [9.17, 15) is 9.90 Å². The van der Waals surface area contributed by atoms with Crippen LogP contribution in [0.5, 0.6) is 5.75 Å². The molecule has 1 aromatic carbocycles. The minimum atomic E-state index is -0.249. The third-order valence-electron chi connectivity index (χ3n) is 1.86. The zero-order chi connectivity index (χ0) is 11.3. The van der Waals surface area contributed by atoms with E-state index in [-0.39, 0.29) is 11.7 Å². The first kappa shape index (κ1) is 12.3. The van der Waals surface area contributed by atoms with Gasteiger partial charge in [-0.2, -0.15) is 0 Å². The van der Waals surface area contributed by atoms with Gasteiger partial charge in [-0.15, -0.1) is 0 Å². The molecule has 3 N–H and O–H groups in total. The van der Waals surface area contributed by atoms with Crippen LogP contribution in [0.25, 0.3) is 0 Å². The molecule has 0 aromatic heterocycles. The van der Waals surface area contributed by atoms with Crippen LogP contribution >= 0.6 is 22.6 Å². The number of aromatic hydroxyl groups is 1. The molecule has 0 spiro atoms. The summed E-state index contributed by atoms with van der Waals surface area (Å²) in [4.78, 5) is 11.6. The minimum Gasteiger partial charge on any atom is -0.507 e. The summed E-state index contributed by atoms with van der Waals surface area (Å²) in [6.45, 7) is 1.25. The fourth-order valence-corrected chi connectivity index (χ4v) is 1.58. The van der Waals surface area contributed by atoms with Gasteiger partial charge in [-0.05, 0) is 47.8 Å². The van der Waals surface area contributed by atoms with E-state index in [0.717, 1.165) is 3.57 Å². The zero-order valence-electron chi connectivity index (χ0n) is 8.38. The summed E-state index contributed by atoms with van der Waals surface area (Å²) in [6.07, 6.45) is 0. The van der Waals surface area contributed by atoms with Gasteiger partial charge in [-0.3, -0.25) is 4.79 Å². The molecule has 0 radical (unpaired) electrons. The molecule has 0 saturated heterocycles. The Morgan fingerprint density at radius 1 is 1.47 bits per heavy atom. The molecule has 1 aromatic rings. The molecule has 0 atom stereocenters. The number of benzene rings is 1. The maximum atomic E-state index is 11.6. The second-order valence-electron chi connectivity index (χ2n) is 3.02. The van der Waals surface area contributed by atoms with Crippen LogP contribution < -0.4 is 10.6 Å². The number of carbonyl (C=O) groups excluding carboxylic acids is 1. The normalized spacial score (nSPS) is 10.0. The Hall–Kier alpha value is -0.820. The Morgan fingerprint density at radius 3 is 2.87 bits per heavy atom. The standard InChI is InChI=1S/C10H13IN2O2/c1-12-4-5-13-10(15)8-6-7(11)2-3-9(8)14/h2-3,6,12,14H,4-5H2,1H3,(H,13,15). The van der Waals surface area contributed by atoms with Crippen molar-refractivity contribution >= 4 is 28.5 Å². The number of hydrogen-bond acceptors (Lipinski definition) is 3. The molecule has 4 nitrogen and oxygen atoms in total. The average Bonchev–Trinajstić information content (AvgIpc) is 2.22. The molecule has 5 heteroatoms. The maximum Gasteiger partial charge on any atom is 0.255 e. The Morgan fingerprint density at radius 2 is 2.20 bits per heavy atom. The zero-order valence-corrected chi connectivity index (χ0v) is 10.5. The number of hydrogen-bond donors (Lipinski definition) is 3. The van der Waals surface area contributed by atoms with Crippen molar-refractivity contribution in [3.63, 3.8) is 0 Å². The molecule has 15 heavy (non-hydrogen) atoms. The van der Waals surface area contributed by atoms with Crippen molar-refractivity contribution in [1.82, 2.24) is 10.6 Å². The molecular weight excluding hydrogens is 307 g/mol. The van der Waals surface area contributed by atoms with Crippen LogP contribution in [0, 0.1) is 3.57 Å². The number of phenols is 1. The summed E-state index contributed by atoms with van der Waals surface area (Å²) in [5, 5.41) is 15.1. The predicted molar refractivity (Wildman–Crippen MR) is 67.1 cm³/mol. The SMILES string of the molecule is CNCCNC(=O)c1cc(I)ccc1O. The van der Waals surface area contributed by atoms with Crippen LogP contribution in [0.3, 0.4) is 0 Å². The Kier molecular flexibility index (Phi) is 4.83. The Bertz CT molecular complexity index is 355. The van der Waals surface area contributed by atoms with Gasteiger partial charge in [-0.1, -0.05) is 0 Å². The van der Waals surface area contributed by atoms with Crippen molar-refractivity contribution in [1.29, 1.82) is 0 Å². The highest BCUT2D eigenvalue weighted by atomic mass is 127. The van der Waals surface area contributed by atoms with Crippen LogP contribution in [-0.2, 0) is 0 Å². The molecule has 0 unspecified atom stereocenters. The van der Waals surface area contributed by atoms with Crippen LogP contribution in [0.1, 0.15) is 10.4 Å². The van der Waals surface area contributed by atoms with Gasteiger partial charge in [0.1, 0.15) is 5.75 Å². The van der Waals surface area contributed by atoms with E-state index in [1.165, 1.54) is 6.07 Å². The van der Waals surface area contributed by atoms with Gasteiger partial charge in [0.2, 0.25) is 0 Å². The monoisotopic (exact) mass is 320 g/mol. The Labute approximate surface area is 102 Å². The molecule has 0 aliphatic carbocycles. The van der Waals surface area contributed by atoms with Gasteiger partial charge in [0.05, 0.1) is 5.56 Å². The first-order chi connectivity index (χ1) is 7.15. The van der Waals surface area contributed by atoms with Crippen molar-refractivity contribution in [2.75, 3.05) is 20.1 Å². The summed E-state index contributed by atoms with van der Waals surface area (Å²) in [5.74, 6) is -0.237. The lowest BCUT2D eigenvalue weighted by Crippen LogP contribution is -2.30. The topological polar surface area (TPSA) is 61.4 Å². The largest absolute Gasteiger partial charge is 0.507 e. The number of rotatable bonds is 4. The molecular formula is C10H13IN2O2. The van der Waals surface area contributed by atoms with E-state index in [0.29, 0.717) is 18.7 Å².